The van der Waals surface area contributed by atoms with Crippen LogP contribution < -0.4 is 0 Å². The standard InChI is InChI=1S/C13H15NO3/c15-13-8-4-2-6-11(13)9-10-5-1-3-7-12(10)14(16)17/h1,3,5,7,11H,2,4,6,8-9H2. The van der Waals surface area contributed by atoms with E-state index in [1.54, 1.807) is 18.2 Å². The SMILES string of the molecule is O=C1CCCCC1Cc1ccccc1[N+](=O)[O-]. The summed E-state index contributed by atoms with van der Waals surface area (Å²) in [6, 6.07) is 6.70. The van der Waals surface area contributed by atoms with Crippen molar-refractivity contribution in [3.05, 3.63) is 39.9 Å². The molecule has 4 nitrogen and oxygen atoms in total. The fraction of sp³-hybridized carbons (Fsp3) is 0.462. The van der Waals surface area contributed by atoms with Crippen LogP contribution in [0.1, 0.15) is 31.2 Å². The topological polar surface area (TPSA) is 60.2 Å². The highest BCUT2D eigenvalue weighted by atomic mass is 16.6. The summed E-state index contributed by atoms with van der Waals surface area (Å²) in [5, 5.41) is 10.9. The molecule has 1 aliphatic carbocycles. The first-order chi connectivity index (χ1) is 8.18. The van der Waals surface area contributed by atoms with Crippen LogP contribution in [-0.4, -0.2) is 10.7 Å². The Labute approximate surface area is 99.8 Å². The summed E-state index contributed by atoms with van der Waals surface area (Å²) in [7, 11) is 0. The van der Waals surface area contributed by atoms with Crippen molar-refractivity contribution in [3.8, 4) is 0 Å². The molecule has 0 saturated heterocycles. The van der Waals surface area contributed by atoms with Gasteiger partial charge >= 0.3 is 0 Å². The Balaban J connectivity index is 2.17. The van der Waals surface area contributed by atoms with Crippen LogP contribution in [0.2, 0.25) is 0 Å². The highest BCUT2D eigenvalue weighted by molar-refractivity contribution is 5.82. The molecule has 0 aromatic heterocycles. The smallest absolute Gasteiger partial charge is 0.272 e. The van der Waals surface area contributed by atoms with Crippen LogP contribution >= 0.6 is 0 Å². The van der Waals surface area contributed by atoms with Gasteiger partial charge in [-0.25, -0.2) is 0 Å². The zero-order valence-corrected chi connectivity index (χ0v) is 9.59. The average molecular weight is 233 g/mol. The quantitative estimate of drug-likeness (QED) is 0.595. The van der Waals surface area contributed by atoms with Crippen LogP contribution in [0, 0.1) is 16.0 Å². The average Bonchev–Trinajstić information content (AvgIpc) is 2.32. The Morgan fingerprint density at radius 2 is 2.06 bits per heavy atom. The van der Waals surface area contributed by atoms with E-state index < -0.39 is 0 Å². The van der Waals surface area contributed by atoms with E-state index in [4.69, 9.17) is 0 Å². The zero-order chi connectivity index (χ0) is 12.3. The molecular formula is C13H15NO3. The molecule has 1 unspecified atom stereocenters. The Morgan fingerprint density at radius 1 is 1.29 bits per heavy atom. The van der Waals surface area contributed by atoms with Crippen molar-refractivity contribution in [1.29, 1.82) is 0 Å². The second-order valence-electron chi connectivity index (χ2n) is 4.50. The molecule has 1 aromatic rings. The van der Waals surface area contributed by atoms with Crippen LogP contribution in [0.5, 0.6) is 0 Å². The number of carbonyl (C=O) groups excluding carboxylic acids is 1. The predicted molar refractivity (Wildman–Crippen MR) is 63.8 cm³/mol. The monoisotopic (exact) mass is 233 g/mol. The highest BCUT2D eigenvalue weighted by Gasteiger charge is 2.25. The molecule has 1 saturated carbocycles. The number of hydrogen-bond acceptors (Lipinski definition) is 3. The number of carbonyl (C=O) groups is 1. The molecule has 0 bridgehead atoms. The van der Waals surface area contributed by atoms with Crippen LogP contribution in [0.25, 0.3) is 0 Å². The number of Topliss-reactive ketones (excluding diaryl/α,β-unsaturated/α-hetero) is 1. The van der Waals surface area contributed by atoms with Crippen molar-refractivity contribution in [2.24, 2.45) is 5.92 Å². The van der Waals surface area contributed by atoms with Gasteiger partial charge in [0.15, 0.2) is 0 Å². The van der Waals surface area contributed by atoms with Gasteiger partial charge in [-0.3, -0.25) is 14.9 Å². The van der Waals surface area contributed by atoms with E-state index >= 15 is 0 Å². The molecule has 0 radical (unpaired) electrons. The highest BCUT2D eigenvalue weighted by Crippen LogP contribution is 2.27. The van der Waals surface area contributed by atoms with E-state index in [1.165, 1.54) is 6.07 Å². The molecule has 17 heavy (non-hydrogen) atoms. The first-order valence-corrected chi connectivity index (χ1v) is 5.93. The number of benzene rings is 1. The minimum absolute atomic E-state index is 0.0233. The lowest BCUT2D eigenvalue weighted by atomic mass is 9.83. The molecule has 90 valence electrons. The van der Waals surface area contributed by atoms with Gasteiger partial charge in [0.2, 0.25) is 0 Å². The number of nitro groups is 1. The summed E-state index contributed by atoms with van der Waals surface area (Å²) in [6.45, 7) is 0. The van der Waals surface area contributed by atoms with Crippen molar-refractivity contribution >= 4 is 11.5 Å². The van der Waals surface area contributed by atoms with Crippen molar-refractivity contribution in [1.82, 2.24) is 0 Å². The predicted octanol–water partition coefficient (Wildman–Crippen LogP) is 2.90. The van der Waals surface area contributed by atoms with Crippen LogP contribution in [0.15, 0.2) is 24.3 Å². The summed E-state index contributed by atoms with van der Waals surface area (Å²) in [4.78, 5) is 22.2. The van der Waals surface area contributed by atoms with E-state index in [2.05, 4.69) is 0 Å². The van der Waals surface area contributed by atoms with E-state index in [0.29, 0.717) is 18.4 Å². The Bertz CT molecular complexity index is 442. The second kappa shape index (κ2) is 5.08. The fourth-order valence-corrected chi connectivity index (χ4v) is 2.40. The number of ketones is 1. The van der Waals surface area contributed by atoms with Gasteiger partial charge in [-0.2, -0.15) is 0 Å². The van der Waals surface area contributed by atoms with Crippen molar-refractivity contribution in [3.63, 3.8) is 0 Å². The molecule has 0 spiro atoms. The van der Waals surface area contributed by atoms with E-state index in [-0.39, 0.29) is 22.3 Å². The summed E-state index contributed by atoms with van der Waals surface area (Å²) in [5.74, 6) is 0.235. The molecule has 1 atom stereocenters. The van der Waals surface area contributed by atoms with Gasteiger partial charge in [-0.1, -0.05) is 24.6 Å². The maximum Gasteiger partial charge on any atom is 0.272 e. The second-order valence-corrected chi connectivity index (χ2v) is 4.50. The maximum absolute atomic E-state index is 11.7. The van der Waals surface area contributed by atoms with Crippen LogP contribution in [-0.2, 0) is 11.2 Å². The minimum Gasteiger partial charge on any atom is -0.299 e. The van der Waals surface area contributed by atoms with Crippen molar-refractivity contribution < 1.29 is 9.72 Å². The maximum atomic E-state index is 11.7. The van der Waals surface area contributed by atoms with E-state index in [1.807, 2.05) is 0 Å². The summed E-state index contributed by atoms with van der Waals surface area (Å²) < 4.78 is 0. The first kappa shape index (κ1) is 11.8. The lowest BCUT2D eigenvalue weighted by molar-refractivity contribution is -0.385. The van der Waals surface area contributed by atoms with Gasteiger partial charge in [0.05, 0.1) is 4.92 Å². The molecule has 1 fully saturated rings. The number of rotatable bonds is 3. The number of nitrogens with zero attached hydrogens (tertiary/aromatic N) is 1. The largest absolute Gasteiger partial charge is 0.299 e. The molecule has 0 heterocycles. The molecule has 1 aliphatic rings. The molecule has 2 rings (SSSR count). The molecule has 1 aromatic carbocycles. The van der Waals surface area contributed by atoms with Gasteiger partial charge < -0.3 is 0 Å². The van der Waals surface area contributed by atoms with Crippen molar-refractivity contribution in [2.45, 2.75) is 32.1 Å². The van der Waals surface area contributed by atoms with Gasteiger partial charge in [0.25, 0.3) is 5.69 Å². The third-order valence-corrected chi connectivity index (χ3v) is 3.34. The summed E-state index contributed by atoms with van der Waals surface area (Å²) in [5.41, 5.74) is 0.809. The minimum atomic E-state index is -0.372. The first-order valence-electron chi connectivity index (χ1n) is 5.93. The van der Waals surface area contributed by atoms with E-state index in [0.717, 1.165) is 19.3 Å². The third kappa shape index (κ3) is 2.70. The molecule has 0 N–H and O–H groups in total. The van der Waals surface area contributed by atoms with Crippen LogP contribution in [0.3, 0.4) is 0 Å². The molecule has 0 amide bonds. The Hall–Kier alpha value is -1.71. The lowest BCUT2D eigenvalue weighted by Gasteiger charge is -2.20. The summed E-state index contributed by atoms with van der Waals surface area (Å²) >= 11 is 0. The number of nitro benzene ring substituents is 1. The molecule has 0 aliphatic heterocycles. The number of para-hydroxylation sites is 1. The normalized spacial score (nSPS) is 20.2. The molecular weight excluding hydrogens is 218 g/mol. The van der Waals surface area contributed by atoms with Crippen LogP contribution in [0.4, 0.5) is 5.69 Å². The Kier molecular flexibility index (Phi) is 3.52. The zero-order valence-electron chi connectivity index (χ0n) is 9.59. The molecule has 4 heteroatoms. The van der Waals surface area contributed by atoms with Crippen molar-refractivity contribution in [2.75, 3.05) is 0 Å². The lowest BCUT2D eigenvalue weighted by Crippen LogP contribution is -2.21. The third-order valence-electron chi connectivity index (χ3n) is 3.34. The van der Waals surface area contributed by atoms with Gasteiger partial charge in [-0.15, -0.1) is 0 Å². The van der Waals surface area contributed by atoms with E-state index in [9.17, 15) is 14.9 Å². The summed E-state index contributed by atoms with van der Waals surface area (Å²) in [6.07, 6.45) is 4.02. The van der Waals surface area contributed by atoms with Gasteiger partial charge in [0.1, 0.15) is 5.78 Å². The Morgan fingerprint density at radius 3 is 2.76 bits per heavy atom. The fourth-order valence-electron chi connectivity index (χ4n) is 2.40. The van der Waals surface area contributed by atoms with Gasteiger partial charge in [0, 0.05) is 24.0 Å². The number of hydrogen-bond donors (Lipinski definition) is 0. The van der Waals surface area contributed by atoms with Gasteiger partial charge in [-0.05, 0) is 19.3 Å².